The zero-order valence-corrected chi connectivity index (χ0v) is 24.0. The number of hydrogen-bond acceptors (Lipinski definition) is 21. The van der Waals surface area contributed by atoms with Crippen LogP contribution >= 0.6 is 0 Å². The fourth-order valence-electron chi connectivity index (χ4n) is 5.25. The minimum atomic E-state index is -1.84. The number of aliphatic hydroxyl groups excluding tert-OH is 10. The summed E-state index contributed by atoms with van der Waals surface area (Å²) in [5, 5.41) is 101. The third kappa shape index (κ3) is 8.30. The summed E-state index contributed by atoms with van der Waals surface area (Å²) >= 11 is 0. The summed E-state index contributed by atoms with van der Waals surface area (Å²) in [5.41, 5.74) is 23.6. The Kier molecular flexibility index (Phi) is 14.3. The van der Waals surface area contributed by atoms with Crippen LogP contribution in [-0.4, -0.2) is 200 Å². The molecular weight excluding hydrogens is 616 g/mol. The van der Waals surface area contributed by atoms with E-state index in [0.717, 1.165) is 0 Å². The van der Waals surface area contributed by atoms with Crippen LogP contribution in [0.15, 0.2) is 0 Å². The van der Waals surface area contributed by atoms with Gasteiger partial charge in [-0.3, -0.25) is 0 Å². The number of aliphatic hydroxyl groups is 10. The molecule has 0 aromatic carbocycles. The van der Waals surface area contributed by atoms with E-state index < -0.39 is 143 Å². The van der Waals surface area contributed by atoms with E-state index in [4.69, 9.17) is 51.4 Å². The summed E-state index contributed by atoms with van der Waals surface area (Å²) in [4.78, 5) is 11.0. The van der Waals surface area contributed by atoms with Gasteiger partial charge in [-0.25, -0.2) is 0 Å². The molecule has 0 amide bonds. The molecule has 21 nitrogen and oxygen atoms in total. The molecule has 0 saturated carbocycles. The Hall–Kier alpha value is -1.13. The highest BCUT2D eigenvalue weighted by Gasteiger charge is 2.53. The van der Waals surface area contributed by atoms with Gasteiger partial charge in [-0.2, -0.15) is 0 Å². The van der Waals surface area contributed by atoms with Gasteiger partial charge in [-0.1, -0.05) is 0 Å². The standard InChI is InChI=1S/C24H46N4O17/c25-6(1-29)14(35)19(7(34)2-30)43-23-12(27)17(38)21(9(4-32)41-23)45-24-13(28)18(39)20(10(5-33)42-24)44-22-11(26)16(37)15(36)8(3-31)40-22/h1,6-24,30-39H,2-5,25-28H2. The van der Waals surface area contributed by atoms with Crippen LogP contribution in [0.2, 0.25) is 0 Å². The Bertz CT molecular complexity index is 910. The first-order chi connectivity index (χ1) is 21.2. The summed E-state index contributed by atoms with van der Waals surface area (Å²) in [6, 6.07) is -5.85. The first kappa shape index (κ1) is 38.3. The second-order valence-electron chi connectivity index (χ2n) is 11.1. The lowest BCUT2D eigenvalue weighted by Crippen LogP contribution is -2.69. The van der Waals surface area contributed by atoms with E-state index in [0.29, 0.717) is 0 Å². The second-order valence-corrected chi connectivity index (χ2v) is 11.1. The van der Waals surface area contributed by atoms with Gasteiger partial charge in [0.2, 0.25) is 0 Å². The first-order valence-corrected chi connectivity index (χ1v) is 14.2. The van der Waals surface area contributed by atoms with Crippen molar-refractivity contribution in [1.29, 1.82) is 0 Å². The summed E-state index contributed by atoms with van der Waals surface area (Å²) in [7, 11) is 0. The van der Waals surface area contributed by atoms with Crippen LogP contribution in [0.3, 0.4) is 0 Å². The molecule has 19 atom stereocenters. The number of nitrogens with two attached hydrogens (primary N) is 4. The van der Waals surface area contributed by atoms with Crippen LogP contribution < -0.4 is 22.9 Å². The molecule has 264 valence electrons. The summed E-state index contributed by atoms with van der Waals surface area (Å²) in [6.45, 7) is -3.23. The quantitative estimate of drug-likeness (QED) is 0.0767. The van der Waals surface area contributed by atoms with Gasteiger partial charge in [0.25, 0.3) is 0 Å². The second kappa shape index (κ2) is 16.8. The van der Waals surface area contributed by atoms with Crippen molar-refractivity contribution in [2.45, 2.75) is 116 Å². The lowest BCUT2D eigenvalue weighted by atomic mass is 9.94. The highest BCUT2D eigenvalue weighted by Crippen LogP contribution is 2.32. The fourth-order valence-corrected chi connectivity index (χ4v) is 5.25. The minimum absolute atomic E-state index is 0.176. The molecular formula is C24H46N4O17. The Balaban J connectivity index is 1.72. The zero-order valence-electron chi connectivity index (χ0n) is 24.0. The van der Waals surface area contributed by atoms with Gasteiger partial charge in [0.05, 0.1) is 50.6 Å². The van der Waals surface area contributed by atoms with Crippen LogP contribution in [0.25, 0.3) is 0 Å². The van der Waals surface area contributed by atoms with Gasteiger partial charge >= 0.3 is 0 Å². The summed E-state index contributed by atoms with van der Waals surface area (Å²) in [6.07, 6.45) is -23.4. The van der Waals surface area contributed by atoms with E-state index in [9.17, 15) is 55.9 Å². The van der Waals surface area contributed by atoms with Gasteiger partial charge in [-0.05, 0) is 0 Å². The number of aldehydes is 1. The SMILES string of the molecule is NC(C=O)C(O)C(OC1OC(CO)C(OC2OC(CO)C(OC3OC(CO)C(O)C(O)C3N)C(O)C2N)C(O)C1N)C(O)CO. The topological polar surface area (TPSA) is 379 Å². The predicted octanol–water partition coefficient (Wildman–Crippen LogP) is -10.0. The van der Waals surface area contributed by atoms with Crippen molar-refractivity contribution in [3.63, 3.8) is 0 Å². The molecule has 0 aliphatic carbocycles. The van der Waals surface area contributed by atoms with Crippen molar-refractivity contribution < 1.29 is 84.3 Å². The maximum absolute atomic E-state index is 11.0. The number of carbonyl (C=O) groups is 1. The van der Waals surface area contributed by atoms with Crippen LogP contribution in [0.1, 0.15) is 0 Å². The molecule has 0 bridgehead atoms. The van der Waals surface area contributed by atoms with Crippen molar-refractivity contribution >= 4 is 6.29 Å². The van der Waals surface area contributed by atoms with Crippen molar-refractivity contribution in [2.75, 3.05) is 26.4 Å². The minimum Gasteiger partial charge on any atom is -0.394 e. The van der Waals surface area contributed by atoms with Gasteiger partial charge in [-0.15, -0.1) is 0 Å². The molecule has 3 heterocycles. The Morgan fingerprint density at radius 3 is 1.53 bits per heavy atom. The average Bonchev–Trinajstić information content (AvgIpc) is 3.04. The third-order valence-corrected chi connectivity index (χ3v) is 8.06. The largest absolute Gasteiger partial charge is 0.394 e. The van der Waals surface area contributed by atoms with E-state index in [1.54, 1.807) is 0 Å². The van der Waals surface area contributed by atoms with E-state index in [1.807, 2.05) is 0 Å². The third-order valence-electron chi connectivity index (χ3n) is 8.06. The van der Waals surface area contributed by atoms with Crippen LogP contribution in [-0.2, 0) is 33.2 Å². The molecule has 0 aromatic rings. The smallest absolute Gasteiger partial charge is 0.176 e. The number of hydrogen-bond donors (Lipinski definition) is 14. The molecule has 0 radical (unpaired) electrons. The first-order valence-electron chi connectivity index (χ1n) is 14.2. The molecule has 3 aliphatic heterocycles. The van der Waals surface area contributed by atoms with Crippen molar-refractivity contribution in [3.05, 3.63) is 0 Å². The molecule has 3 saturated heterocycles. The van der Waals surface area contributed by atoms with Crippen LogP contribution in [0, 0.1) is 0 Å². The molecule has 3 fully saturated rings. The van der Waals surface area contributed by atoms with Crippen molar-refractivity contribution in [1.82, 2.24) is 0 Å². The van der Waals surface area contributed by atoms with E-state index in [1.165, 1.54) is 0 Å². The Morgan fingerprint density at radius 1 is 0.667 bits per heavy atom. The highest BCUT2D eigenvalue weighted by atomic mass is 16.7. The molecule has 19 unspecified atom stereocenters. The van der Waals surface area contributed by atoms with Gasteiger partial charge in [0.1, 0.15) is 79.5 Å². The number of rotatable bonds is 14. The van der Waals surface area contributed by atoms with E-state index >= 15 is 0 Å². The van der Waals surface area contributed by atoms with Crippen molar-refractivity contribution in [2.24, 2.45) is 22.9 Å². The molecule has 3 rings (SSSR count). The lowest BCUT2D eigenvalue weighted by Gasteiger charge is -2.49. The van der Waals surface area contributed by atoms with Gasteiger partial charge in [0, 0.05) is 0 Å². The molecule has 18 N–H and O–H groups in total. The lowest BCUT2D eigenvalue weighted by molar-refractivity contribution is -0.353. The van der Waals surface area contributed by atoms with Gasteiger partial charge < -0.3 is 107 Å². The number of ether oxygens (including phenoxy) is 6. The monoisotopic (exact) mass is 662 g/mol. The van der Waals surface area contributed by atoms with Crippen LogP contribution in [0.4, 0.5) is 0 Å². The Labute approximate surface area is 256 Å². The Morgan fingerprint density at radius 2 is 1.09 bits per heavy atom. The molecule has 0 aromatic heterocycles. The normalized spacial score (nSPS) is 45.4. The van der Waals surface area contributed by atoms with E-state index in [2.05, 4.69) is 0 Å². The maximum atomic E-state index is 11.0. The summed E-state index contributed by atoms with van der Waals surface area (Å²) < 4.78 is 33.7. The summed E-state index contributed by atoms with van der Waals surface area (Å²) in [5.74, 6) is 0. The average molecular weight is 663 g/mol. The van der Waals surface area contributed by atoms with Crippen LogP contribution in [0.5, 0.6) is 0 Å². The molecule has 21 heteroatoms. The fraction of sp³-hybridized carbons (Fsp3) is 0.958. The van der Waals surface area contributed by atoms with E-state index in [-0.39, 0.29) is 6.29 Å². The zero-order chi connectivity index (χ0) is 33.7. The molecule has 3 aliphatic rings. The predicted molar refractivity (Wildman–Crippen MR) is 143 cm³/mol. The highest BCUT2D eigenvalue weighted by molar-refractivity contribution is 5.58. The van der Waals surface area contributed by atoms with Crippen molar-refractivity contribution in [3.8, 4) is 0 Å². The maximum Gasteiger partial charge on any atom is 0.176 e. The molecule has 45 heavy (non-hydrogen) atoms. The molecule has 0 spiro atoms. The number of carbonyl (C=O) groups excluding carboxylic acids is 1. The van der Waals surface area contributed by atoms with Gasteiger partial charge in [0.15, 0.2) is 18.9 Å².